The molecule has 3 heterocycles. The van der Waals surface area contributed by atoms with Crippen LogP contribution in [0.4, 0.5) is 5.69 Å². The number of aromatic amines is 1. The van der Waals surface area contributed by atoms with Gasteiger partial charge in [-0.2, -0.15) is 0 Å². The molecule has 0 bridgehead atoms. The molecule has 0 fully saturated rings. The SMILES string of the molecule is O=c1[nH]c2ccc(S(=O)(=O)Nc3ccc4nc(-c5ccccn5)oc4c3)cc2o1. The van der Waals surface area contributed by atoms with Gasteiger partial charge >= 0.3 is 5.76 Å². The largest absolute Gasteiger partial charge is 0.435 e. The Morgan fingerprint density at radius 2 is 1.86 bits per heavy atom. The second-order valence-electron chi connectivity index (χ2n) is 6.19. The van der Waals surface area contributed by atoms with E-state index >= 15 is 0 Å². The number of aromatic nitrogens is 3. The van der Waals surface area contributed by atoms with Crippen molar-refractivity contribution >= 4 is 37.9 Å². The molecular formula is C19H12N4O5S. The maximum atomic E-state index is 12.7. The Hall–Kier alpha value is -3.92. The highest BCUT2D eigenvalue weighted by molar-refractivity contribution is 7.92. The fourth-order valence-electron chi connectivity index (χ4n) is 2.89. The van der Waals surface area contributed by atoms with E-state index in [4.69, 9.17) is 8.83 Å². The van der Waals surface area contributed by atoms with E-state index in [0.717, 1.165) is 0 Å². The molecule has 3 aromatic heterocycles. The van der Waals surface area contributed by atoms with Gasteiger partial charge in [0.05, 0.1) is 16.1 Å². The van der Waals surface area contributed by atoms with Gasteiger partial charge < -0.3 is 8.83 Å². The fraction of sp³-hybridized carbons (Fsp3) is 0. The third kappa shape index (κ3) is 3.15. The maximum Gasteiger partial charge on any atom is 0.417 e. The summed E-state index contributed by atoms with van der Waals surface area (Å²) in [5, 5.41) is 0. The summed E-state index contributed by atoms with van der Waals surface area (Å²) in [5.41, 5.74) is 2.44. The number of benzene rings is 2. The first-order valence-corrected chi connectivity index (χ1v) is 9.94. The van der Waals surface area contributed by atoms with E-state index in [2.05, 4.69) is 19.7 Å². The fourth-order valence-corrected chi connectivity index (χ4v) is 3.96. The Labute approximate surface area is 163 Å². The number of H-pyrrole nitrogens is 1. The van der Waals surface area contributed by atoms with Crippen molar-refractivity contribution in [3.63, 3.8) is 0 Å². The molecule has 0 saturated heterocycles. The average Bonchev–Trinajstić information content (AvgIpc) is 3.29. The lowest BCUT2D eigenvalue weighted by atomic mass is 10.3. The topological polar surface area (TPSA) is 131 Å². The number of sulfonamides is 1. The summed E-state index contributed by atoms with van der Waals surface area (Å²) >= 11 is 0. The molecule has 144 valence electrons. The number of pyridine rings is 1. The van der Waals surface area contributed by atoms with Gasteiger partial charge in [-0.25, -0.2) is 18.2 Å². The average molecular weight is 408 g/mol. The summed E-state index contributed by atoms with van der Waals surface area (Å²) < 4.78 is 38.6. The zero-order valence-electron chi connectivity index (χ0n) is 14.6. The Bertz CT molecular complexity index is 1520. The summed E-state index contributed by atoms with van der Waals surface area (Å²) in [6.45, 7) is 0. The minimum Gasteiger partial charge on any atom is -0.435 e. The monoisotopic (exact) mass is 408 g/mol. The predicted octanol–water partition coefficient (Wildman–Crippen LogP) is 3.13. The summed E-state index contributed by atoms with van der Waals surface area (Å²) in [6, 6.07) is 14.3. The van der Waals surface area contributed by atoms with Crippen LogP contribution in [0.3, 0.4) is 0 Å². The third-order valence-corrected chi connectivity index (χ3v) is 5.61. The molecule has 0 amide bonds. The van der Waals surface area contributed by atoms with E-state index in [-0.39, 0.29) is 10.5 Å². The summed E-state index contributed by atoms with van der Waals surface area (Å²) in [5.74, 6) is -0.310. The third-order valence-electron chi connectivity index (χ3n) is 4.23. The molecule has 29 heavy (non-hydrogen) atoms. The highest BCUT2D eigenvalue weighted by Gasteiger charge is 2.17. The van der Waals surface area contributed by atoms with Gasteiger partial charge in [0.1, 0.15) is 11.2 Å². The molecule has 0 aliphatic rings. The first kappa shape index (κ1) is 17.2. The smallest absolute Gasteiger partial charge is 0.417 e. The van der Waals surface area contributed by atoms with Crippen molar-refractivity contribution in [1.82, 2.24) is 15.0 Å². The molecule has 0 atom stereocenters. The molecule has 0 aliphatic heterocycles. The zero-order chi connectivity index (χ0) is 20.0. The second kappa shape index (κ2) is 6.31. The van der Waals surface area contributed by atoms with Gasteiger partial charge in [-0.05, 0) is 36.4 Å². The number of fused-ring (bicyclic) bond motifs is 2. The van der Waals surface area contributed by atoms with Gasteiger partial charge in [0, 0.05) is 18.3 Å². The molecule has 5 rings (SSSR count). The Morgan fingerprint density at radius 3 is 2.69 bits per heavy atom. The standard InChI is InChI=1S/C19H12N4O5S/c24-19-22-14-7-5-12(10-17(14)28-19)29(25,26)23-11-4-6-13-16(9-11)27-18(21-13)15-3-1-2-8-20-15/h1-10,23H,(H,22,24). The van der Waals surface area contributed by atoms with E-state index in [0.29, 0.717) is 33.9 Å². The summed E-state index contributed by atoms with van der Waals surface area (Å²) in [4.78, 5) is 22.2. The van der Waals surface area contributed by atoms with Crippen LogP contribution >= 0.6 is 0 Å². The molecule has 2 N–H and O–H groups in total. The number of rotatable bonds is 4. The lowest BCUT2D eigenvalue weighted by molar-refractivity contribution is 0.554. The highest BCUT2D eigenvalue weighted by Crippen LogP contribution is 2.26. The van der Waals surface area contributed by atoms with Crippen molar-refractivity contribution in [2.75, 3.05) is 4.72 Å². The first-order valence-electron chi connectivity index (χ1n) is 8.46. The van der Waals surface area contributed by atoms with Crippen molar-refractivity contribution in [3.05, 3.63) is 71.3 Å². The number of hydrogen-bond acceptors (Lipinski definition) is 7. The van der Waals surface area contributed by atoms with Gasteiger partial charge in [0.2, 0.25) is 5.89 Å². The Kier molecular flexibility index (Phi) is 3.74. The quantitative estimate of drug-likeness (QED) is 0.467. The van der Waals surface area contributed by atoms with Crippen molar-refractivity contribution in [2.45, 2.75) is 4.90 Å². The minimum absolute atomic E-state index is 0.0420. The second-order valence-corrected chi connectivity index (χ2v) is 7.88. The number of anilines is 1. The van der Waals surface area contributed by atoms with E-state index in [1.807, 2.05) is 6.07 Å². The van der Waals surface area contributed by atoms with Crippen LogP contribution in [0.15, 0.2) is 79.3 Å². The van der Waals surface area contributed by atoms with Gasteiger partial charge in [-0.3, -0.25) is 14.7 Å². The molecule has 0 spiro atoms. The Balaban J connectivity index is 1.49. The van der Waals surface area contributed by atoms with Crippen LogP contribution in [0, 0.1) is 0 Å². The van der Waals surface area contributed by atoms with Gasteiger partial charge in [-0.15, -0.1) is 0 Å². The maximum absolute atomic E-state index is 12.7. The number of oxazole rings is 2. The van der Waals surface area contributed by atoms with Crippen LogP contribution in [-0.2, 0) is 10.0 Å². The predicted molar refractivity (Wildman–Crippen MR) is 105 cm³/mol. The number of hydrogen-bond donors (Lipinski definition) is 2. The van der Waals surface area contributed by atoms with Crippen LogP contribution in [0.1, 0.15) is 0 Å². The molecule has 5 aromatic rings. The van der Waals surface area contributed by atoms with E-state index in [9.17, 15) is 13.2 Å². The Morgan fingerprint density at radius 1 is 0.966 bits per heavy atom. The molecule has 0 saturated carbocycles. The first-order chi connectivity index (χ1) is 14.0. The van der Waals surface area contributed by atoms with E-state index in [1.54, 1.807) is 36.5 Å². The normalized spacial score (nSPS) is 11.9. The van der Waals surface area contributed by atoms with Crippen LogP contribution in [0.25, 0.3) is 33.8 Å². The van der Waals surface area contributed by atoms with Gasteiger partial charge in [-0.1, -0.05) is 6.07 Å². The lowest BCUT2D eigenvalue weighted by Crippen LogP contribution is -2.12. The molecule has 0 unspecified atom stereocenters. The number of nitrogens with one attached hydrogen (secondary N) is 2. The van der Waals surface area contributed by atoms with E-state index < -0.39 is 15.8 Å². The summed E-state index contributed by atoms with van der Waals surface area (Å²) in [6.07, 6.45) is 1.63. The van der Waals surface area contributed by atoms with Crippen LogP contribution in [0.2, 0.25) is 0 Å². The molecule has 9 nitrogen and oxygen atoms in total. The van der Waals surface area contributed by atoms with Crippen molar-refractivity contribution in [1.29, 1.82) is 0 Å². The van der Waals surface area contributed by atoms with Crippen LogP contribution in [-0.4, -0.2) is 23.4 Å². The molecular weight excluding hydrogens is 396 g/mol. The molecule has 2 aromatic carbocycles. The molecule has 0 aliphatic carbocycles. The highest BCUT2D eigenvalue weighted by atomic mass is 32.2. The van der Waals surface area contributed by atoms with E-state index in [1.165, 1.54) is 18.2 Å². The molecule has 0 radical (unpaired) electrons. The minimum atomic E-state index is -3.91. The lowest BCUT2D eigenvalue weighted by Gasteiger charge is -2.07. The van der Waals surface area contributed by atoms with Crippen molar-refractivity contribution in [2.24, 2.45) is 0 Å². The summed E-state index contributed by atoms with van der Waals surface area (Å²) in [7, 11) is -3.91. The van der Waals surface area contributed by atoms with Crippen LogP contribution in [0.5, 0.6) is 0 Å². The number of nitrogens with zero attached hydrogens (tertiary/aromatic N) is 2. The van der Waals surface area contributed by atoms with Crippen molar-refractivity contribution in [3.8, 4) is 11.6 Å². The zero-order valence-corrected chi connectivity index (χ0v) is 15.4. The van der Waals surface area contributed by atoms with Gasteiger partial charge in [0.15, 0.2) is 11.2 Å². The molecule has 10 heteroatoms. The van der Waals surface area contributed by atoms with Crippen molar-refractivity contribution < 1.29 is 17.3 Å². The van der Waals surface area contributed by atoms with Crippen LogP contribution < -0.4 is 10.5 Å². The van der Waals surface area contributed by atoms with Gasteiger partial charge in [0.25, 0.3) is 10.0 Å².